The van der Waals surface area contributed by atoms with Crippen LogP contribution in [0.1, 0.15) is 23.1 Å². The Morgan fingerprint density at radius 3 is 2.58 bits per heavy atom. The quantitative estimate of drug-likeness (QED) is 0.260. The number of aliphatic hydroxyl groups excluding tert-OH is 1. The van der Waals surface area contributed by atoms with Gasteiger partial charge in [-0.05, 0) is 61.5 Å². The van der Waals surface area contributed by atoms with Crippen LogP contribution in [-0.2, 0) is 9.59 Å². The second-order valence-corrected chi connectivity index (χ2v) is 8.46. The Balaban J connectivity index is 1.70. The van der Waals surface area contributed by atoms with Crippen molar-refractivity contribution in [1.82, 2.24) is 4.98 Å². The number of aliphatic hydroxyl groups is 1. The average Bonchev–Trinajstić information content (AvgIpc) is 3.49. The normalized spacial score (nSPS) is 17.8. The van der Waals surface area contributed by atoms with Crippen LogP contribution in [0.15, 0.2) is 64.6 Å². The molecule has 0 saturated carbocycles. The van der Waals surface area contributed by atoms with E-state index in [2.05, 4.69) is 4.98 Å². The number of benzene rings is 2. The van der Waals surface area contributed by atoms with Gasteiger partial charge in [-0.2, -0.15) is 0 Å². The lowest BCUT2D eigenvalue weighted by Crippen LogP contribution is -2.29. The standard InChI is InChI=1S/C24H17FN2O5S/c1-12-3-10-17(32-12)20-19(21(28)13-4-6-14(25)7-5-13)22(29)23(30)27(20)24-26-16-9-8-15(31-2)11-18(16)33-24/h3-11,20,28H,1-2H3. The highest BCUT2D eigenvalue weighted by Crippen LogP contribution is 2.45. The van der Waals surface area contributed by atoms with Crippen molar-refractivity contribution in [2.45, 2.75) is 13.0 Å². The summed E-state index contributed by atoms with van der Waals surface area (Å²) in [5.74, 6) is -1.13. The molecule has 1 atom stereocenters. The van der Waals surface area contributed by atoms with Gasteiger partial charge in [-0.25, -0.2) is 9.37 Å². The number of ether oxygens (including phenoxy) is 1. The van der Waals surface area contributed by atoms with Gasteiger partial charge >= 0.3 is 5.91 Å². The highest BCUT2D eigenvalue weighted by molar-refractivity contribution is 7.22. The number of thiazole rings is 1. The molecule has 1 N–H and O–H groups in total. The van der Waals surface area contributed by atoms with Gasteiger partial charge in [0.15, 0.2) is 5.13 Å². The zero-order valence-corrected chi connectivity index (χ0v) is 18.4. The van der Waals surface area contributed by atoms with E-state index in [0.29, 0.717) is 22.8 Å². The van der Waals surface area contributed by atoms with E-state index < -0.39 is 29.3 Å². The number of halogens is 1. The van der Waals surface area contributed by atoms with E-state index in [4.69, 9.17) is 9.15 Å². The first-order chi connectivity index (χ1) is 15.9. The molecule has 1 amide bonds. The molecule has 1 aliphatic heterocycles. The molecule has 1 aliphatic rings. The van der Waals surface area contributed by atoms with Crippen LogP contribution in [-0.4, -0.2) is 28.9 Å². The van der Waals surface area contributed by atoms with E-state index >= 15 is 0 Å². The number of nitrogens with zero attached hydrogens (tertiary/aromatic N) is 2. The minimum atomic E-state index is -1.04. The van der Waals surface area contributed by atoms with E-state index in [9.17, 15) is 19.1 Å². The average molecular weight is 464 g/mol. The Kier molecular flexibility index (Phi) is 4.98. The minimum absolute atomic E-state index is 0.155. The van der Waals surface area contributed by atoms with E-state index in [1.807, 2.05) is 0 Å². The molecule has 166 valence electrons. The number of Topliss-reactive ketones (excluding diaryl/α,β-unsaturated/α-hetero) is 1. The number of anilines is 1. The van der Waals surface area contributed by atoms with Gasteiger partial charge in [0.05, 0.1) is 22.9 Å². The highest BCUT2D eigenvalue weighted by Gasteiger charge is 2.49. The molecule has 9 heteroatoms. The lowest BCUT2D eigenvalue weighted by Gasteiger charge is -2.20. The number of fused-ring (bicyclic) bond motifs is 1. The van der Waals surface area contributed by atoms with Crippen molar-refractivity contribution in [2.24, 2.45) is 0 Å². The Hall–Kier alpha value is -3.98. The van der Waals surface area contributed by atoms with Crippen LogP contribution < -0.4 is 9.64 Å². The fourth-order valence-electron chi connectivity index (χ4n) is 3.79. The molecule has 0 bridgehead atoms. The van der Waals surface area contributed by atoms with E-state index in [0.717, 1.165) is 16.8 Å². The molecule has 0 radical (unpaired) electrons. The molecule has 1 fully saturated rings. The fourth-order valence-corrected chi connectivity index (χ4v) is 4.81. The monoisotopic (exact) mass is 464 g/mol. The number of hydrogen-bond acceptors (Lipinski definition) is 7. The second kappa shape index (κ2) is 7.86. The number of amides is 1. The van der Waals surface area contributed by atoms with Gasteiger partial charge < -0.3 is 14.3 Å². The van der Waals surface area contributed by atoms with Gasteiger partial charge in [0.1, 0.15) is 34.9 Å². The molecule has 1 saturated heterocycles. The third kappa shape index (κ3) is 3.46. The van der Waals surface area contributed by atoms with Crippen molar-refractivity contribution >= 4 is 44.1 Å². The zero-order valence-electron chi connectivity index (χ0n) is 17.5. The topological polar surface area (TPSA) is 92.9 Å². The van der Waals surface area contributed by atoms with Crippen LogP contribution in [0.25, 0.3) is 16.0 Å². The summed E-state index contributed by atoms with van der Waals surface area (Å²) in [6.07, 6.45) is 0. The van der Waals surface area contributed by atoms with E-state index in [1.54, 1.807) is 44.4 Å². The third-order valence-corrected chi connectivity index (χ3v) is 6.40. The van der Waals surface area contributed by atoms with Crippen LogP contribution in [0.3, 0.4) is 0 Å². The summed E-state index contributed by atoms with van der Waals surface area (Å²) in [5, 5.41) is 11.3. The van der Waals surface area contributed by atoms with E-state index in [1.165, 1.54) is 28.4 Å². The Labute approximate surface area is 191 Å². The molecule has 33 heavy (non-hydrogen) atoms. The molecule has 1 unspecified atom stereocenters. The number of hydrogen-bond donors (Lipinski definition) is 1. The first-order valence-corrected chi connectivity index (χ1v) is 10.8. The number of ketones is 1. The highest BCUT2D eigenvalue weighted by atomic mass is 32.1. The van der Waals surface area contributed by atoms with Crippen molar-refractivity contribution in [3.63, 3.8) is 0 Å². The van der Waals surface area contributed by atoms with Crippen LogP contribution in [0.5, 0.6) is 5.75 Å². The Bertz CT molecular complexity index is 1440. The number of furan rings is 1. The second-order valence-electron chi connectivity index (χ2n) is 7.45. The molecular weight excluding hydrogens is 447 g/mol. The molecule has 2 aromatic carbocycles. The summed E-state index contributed by atoms with van der Waals surface area (Å²) in [6.45, 7) is 1.74. The summed E-state index contributed by atoms with van der Waals surface area (Å²) >= 11 is 1.21. The number of rotatable bonds is 4. The van der Waals surface area contributed by atoms with Gasteiger partial charge in [-0.3, -0.25) is 14.5 Å². The van der Waals surface area contributed by atoms with Crippen molar-refractivity contribution in [3.8, 4) is 5.75 Å². The fraction of sp³-hybridized carbons (Fsp3) is 0.125. The molecule has 2 aromatic heterocycles. The van der Waals surface area contributed by atoms with Crippen LogP contribution >= 0.6 is 11.3 Å². The molecular formula is C24H17FN2O5S. The summed E-state index contributed by atoms with van der Waals surface area (Å²) in [6, 6.07) is 12.6. The Morgan fingerprint density at radius 1 is 1.15 bits per heavy atom. The molecule has 5 rings (SSSR count). The number of aryl methyl sites for hydroxylation is 1. The third-order valence-electron chi connectivity index (χ3n) is 5.38. The molecule has 7 nitrogen and oxygen atoms in total. The van der Waals surface area contributed by atoms with Crippen molar-refractivity contribution in [1.29, 1.82) is 0 Å². The maximum absolute atomic E-state index is 13.4. The number of carbonyl (C=O) groups excluding carboxylic acids is 2. The largest absolute Gasteiger partial charge is 0.507 e. The smallest absolute Gasteiger partial charge is 0.302 e. The molecule has 3 heterocycles. The molecule has 0 aliphatic carbocycles. The number of methoxy groups -OCH3 is 1. The van der Waals surface area contributed by atoms with Crippen LogP contribution in [0.4, 0.5) is 9.52 Å². The van der Waals surface area contributed by atoms with Crippen LogP contribution in [0, 0.1) is 12.7 Å². The van der Waals surface area contributed by atoms with Gasteiger partial charge in [0.25, 0.3) is 5.78 Å². The van der Waals surface area contributed by atoms with Gasteiger partial charge in [0, 0.05) is 5.56 Å². The summed E-state index contributed by atoms with van der Waals surface area (Å²) in [4.78, 5) is 32.0. The zero-order chi connectivity index (χ0) is 23.3. The maximum atomic E-state index is 13.4. The first kappa shape index (κ1) is 20.9. The maximum Gasteiger partial charge on any atom is 0.302 e. The van der Waals surface area contributed by atoms with Crippen LogP contribution in [0.2, 0.25) is 0 Å². The summed E-state index contributed by atoms with van der Waals surface area (Å²) < 4.78 is 25.2. The summed E-state index contributed by atoms with van der Waals surface area (Å²) in [5.41, 5.74) is 0.681. The van der Waals surface area contributed by atoms with E-state index in [-0.39, 0.29) is 16.3 Å². The minimum Gasteiger partial charge on any atom is -0.507 e. The lowest BCUT2D eigenvalue weighted by molar-refractivity contribution is -0.132. The molecule has 4 aromatic rings. The lowest BCUT2D eigenvalue weighted by atomic mass is 9.99. The summed E-state index contributed by atoms with van der Waals surface area (Å²) in [7, 11) is 1.55. The van der Waals surface area contributed by atoms with Crippen molar-refractivity contribution < 1.29 is 28.2 Å². The molecule has 0 spiro atoms. The Morgan fingerprint density at radius 2 is 1.91 bits per heavy atom. The SMILES string of the molecule is COc1ccc2nc(N3C(=O)C(=O)C(=C(O)c4ccc(F)cc4)C3c3ccc(C)o3)sc2c1. The van der Waals surface area contributed by atoms with Gasteiger partial charge in [-0.1, -0.05) is 11.3 Å². The first-order valence-electron chi connectivity index (χ1n) is 9.95. The van der Waals surface area contributed by atoms with Crippen molar-refractivity contribution in [3.05, 3.63) is 83.1 Å². The predicted molar refractivity (Wildman–Crippen MR) is 121 cm³/mol. The van der Waals surface area contributed by atoms with Gasteiger partial charge in [0.2, 0.25) is 0 Å². The number of carbonyl (C=O) groups is 2. The van der Waals surface area contributed by atoms with Gasteiger partial charge in [-0.15, -0.1) is 0 Å². The van der Waals surface area contributed by atoms with Crippen molar-refractivity contribution in [2.75, 3.05) is 12.0 Å². The number of aromatic nitrogens is 1. The predicted octanol–water partition coefficient (Wildman–Crippen LogP) is 4.97.